The molecule has 0 aliphatic carbocycles. The van der Waals surface area contributed by atoms with E-state index in [0.29, 0.717) is 44.0 Å². The Hall–Kier alpha value is -1.82. The molecule has 1 N–H and O–H groups in total. The SMILES string of the molecule is Cc1oc(C)c(C(=O)N2CCN(CC(=O)NC(C)C)CC2)c1C. The summed E-state index contributed by atoms with van der Waals surface area (Å²) in [4.78, 5) is 28.4. The van der Waals surface area contributed by atoms with Crippen LogP contribution in [0, 0.1) is 20.8 Å². The molecule has 1 saturated heterocycles. The van der Waals surface area contributed by atoms with Crippen molar-refractivity contribution in [3.63, 3.8) is 0 Å². The van der Waals surface area contributed by atoms with E-state index >= 15 is 0 Å². The number of nitrogens with one attached hydrogen (secondary N) is 1. The fourth-order valence-corrected chi connectivity index (χ4v) is 2.95. The summed E-state index contributed by atoms with van der Waals surface area (Å²) in [5.74, 6) is 1.55. The van der Waals surface area contributed by atoms with Gasteiger partial charge in [-0.2, -0.15) is 0 Å². The summed E-state index contributed by atoms with van der Waals surface area (Å²) in [6.07, 6.45) is 0. The molecular weight excluding hydrogens is 294 g/mol. The quantitative estimate of drug-likeness (QED) is 0.912. The lowest BCUT2D eigenvalue weighted by molar-refractivity contribution is -0.123. The highest BCUT2D eigenvalue weighted by atomic mass is 16.3. The number of hydrogen-bond donors (Lipinski definition) is 1. The Morgan fingerprint density at radius 1 is 1.09 bits per heavy atom. The molecule has 2 rings (SSSR count). The van der Waals surface area contributed by atoms with Crippen LogP contribution in [-0.4, -0.2) is 60.4 Å². The van der Waals surface area contributed by atoms with E-state index in [2.05, 4.69) is 10.2 Å². The molecule has 128 valence electrons. The molecule has 6 heteroatoms. The molecule has 0 atom stereocenters. The summed E-state index contributed by atoms with van der Waals surface area (Å²) in [6, 6.07) is 0.153. The highest BCUT2D eigenvalue weighted by Gasteiger charge is 2.27. The van der Waals surface area contributed by atoms with E-state index < -0.39 is 0 Å². The van der Waals surface area contributed by atoms with E-state index in [0.717, 1.165) is 11.3 Å². The minimum absolute atomic E-state index is 0.0307. The lowest BCUT2D eigenvalue weighted by Gasteiger charge is -2.34. The van der Waals surface area contributed by atoms with E-state index in [1.54, 1.807) is 0 Å². The second kappa shape index (κ2) is 7.17. The van der Waals surface area contributed by atoms with E-state index in [4.69, 9.17) is 4.42 Å². The monoisotopic (exact) mass is 321 g/mol. The highest BCUT2D eigenvalue weighted by molar-refractivity contribution is 5.97. The van der Waals surface area contributed by atoms with Gasteiger partial charge in [-0.05, 0) is 34.6 Å². The highest BCUT2D eigenvalue weighted by Crippen LogP contribution is 2.22. The fourth-order valence-electron chi connectivity index (χ4n) is 2.95. The van der Waals surface area contributed by atoms with E-state index in [1.807, 2.05) is 39.5 Å². The molecule has 1 aromatic rings. The molecular formula is C17H27N3O3. The first-order valence-corrected chi connectivity index (χ1v) is 8.17. The molecule has 1 aromatic heterocycles. The topological polar surface area (TPSA) is 65.8 Å². The minimum atomic E-state index is 0.0307. The molecule has 0 bridgehead atoms. The normalized spacial score (nSPS) is 16.0. The van der Waals surface area contributed by atoms with Crippen LogP contribution in [-0.2, 0) is 4.79 Å². The molecule has 0 unspecified atom stereocenters. The van der Waals surface area contributed by atoms with Crippen LogP contribution in [0.25, 0.3) is 0 Å². The first kappa shape index (κ1) is 17.5. The standard InChI is InChI=1S/C17H27N3O3/c1-11(2)18-15(21)10-19-6-8-20(9-7-19)17(22)16-12(3)13(4)23-14(16)5/h11H,6-10H2,1-5H3,(H,18,21). The van der Waals surface area contributed by atoms with Gasteiger partial charge in [-0.25, -0.2) is 0 Å². The van der Waals surface area contributed by atoms with Gasteiger partial charge < -0.3 is 14.6 Å². The molecule has 0 aromatic carbocycles. The summed E-state index contributed by atoms with van der Waals surface area (Å²) in [6.45, 7) is 12.6. The Labute approximate surface area is 137 Å². The van der Waals surface area contributed by atoms with Crippen LogP contribution < -0.4 is 5.32 Å². The maximum Gasteiger partial charge on any atom is 0.257 e. The third kappa shape index (κ3) is 4.13. The summed E-state index contributed by atoms with van der Waals surface area (Å²) >= 11 is 0. The smallest absolute Gasteiger partial charge is 0.257 e. The largest absolute Gasteiger partial charge is 0.466 e. The number of rotatable bonds is 4. The molecule has 0 saturated carbocycles. The molecule has 2 heterocycles. The predicted molar refractivity (Wildman–Crippen MR) is 88.5 cm³/mol. The number of furan rings is 1. The lowest BCUT2D eigenvalue weighted by atomic mass is 10.1. The van der Waals surface area contributed by atoms with Crippen LogP contribution in [0.5, 0.6) is 0 Å². The van der Waals surface area contributed by atoms with E-state index in [9.17, 15) is 9.59 Å². The van der Waals surface area contributed by atoms with E-state index in [-0.39, 0.29) is 17.9 Å². The van der Waals surface area contributed by atoms with Gasteiger partial charge in [0.25, 0.3) is 5.91 Å². The number of amides is 2. The van der Waals surface area contributed by atoms with Gasteiger partial charge in [-0.1, -0.05) is 0 Å². The van der Waals surface area contributed by atoms with Crippen molar-refractivity contribution in [1.82, 2.24) is 15.1 Å². The molecule has 23 heavy (non-hydrogen) atoms. The molecule has 1 fully saturated rings. The third-order valence-corrected chi connectivity index (χ3v) is 4.25. The molecule has 0 spiro atoms. The number of carbonyl (C=O) groups excluding carboxylic acids is 2. The Morgan fingerprint density at radius 2 is 1.70 bits per heavy atom. The van der Waals surface area contributed by atoms with Crippen molar-refractivity contribution in [2.24, 2.45) is 0 Å². The van der Waals surface area contributed by atoms with Crippen molar-refractivity contribution in [2.75, 3.05) is 32.7 Å². The molecule has 6 nitrogen and oxygen atoms in total. The molecule has 0 radical (unpaired) electrons. The predicted octanol–water partition coefficient (Wildman–Crippen LogP) is 1.49. The zero-order valence-electron chi connectivity index (χ0n) is 14.7. The number of aryl methyl sites for hydroxylation is 2. The summed E-state index contributed by atoms with van der Waals surface area (Å²) in [5.41, 5.74) is 1.61. The number of hydrogen-bond acceptors (Lipinski definition) is 4. The maximum atomic E-state index is 12.7. The molecule has 2 amide bonds. The van der Waals surface area contributed by atoms with Crippen molar-refractivity contribution in [3.8, 4) is 0 Å². The van der Waals surface area contributed by atoms with Crippen molar-refractivity contribution in [2.45, 2.75) is 40.7 Å². The zero-order valence-corrected chi connectivity index (χ0v) is 14.7. The summed E-state index contributed by atoms with van der Waals surface area (Å²) in [5, 5.41) is 2.89. The van der Waals surface area contributed by atoms with E-state index in [1.165, 1.54) is 0 Å². The second-order valence-electron chi connectivity index (χ2n) is 6.50. The van der Waals surface area contributed by atoms with Gasteiger partial charge in [0.2, 0.25) is 5.91 Å². The van der Waals surface area contributed by atoms with Crippen LogP contribution >= 0.6 is 0 Å². The van der Waals surface area contributed by atoms with Crippen LogP contribution in [0.4, 0.5) is 0 Å². The number of nitrogens with zero attached hydrogens (tertiary/aromatic N) is 2. The van der Waals surface area contributed by atoms with Gasteiger partial charge in [0, 0.05) is 37.8 Å². The Kier molecular flexibility index (Phi) is 5.46. The maximum absolute atomic E-state index is 12.7. The van der Waals surface area contributed by atoms with Crippen LogP contribution in [0.15, 0.2) is 4.42 Å². The second-order valence-corrected chi connectivity index (χ2v) is 6.50. The van der Waals surface area contributed by atoms with Gasteiger partial charge in [-0.15, -0.1) is 0 Å². The summed E-state index contributed by atoms with van der Waals surface area (Å²) in [7, 11) is 0. The van der Waals surface area contributed by atoms with Crippen molar-refractivity contribution in [1.29, 1.82) is 0 Å². The number of piperazine rings is 1. The zero-order chi connectivity index (χ0) is 17.1. The summed E-state index contributed by atoms with van der Waals surface area (Å²) < 4.78 is 5.56. The van der Waals surface area contributed by atoms with Gasteiger partial charge in [0.15, 0.2) is 0 Å². The first-order valence-electron chi connectivity index (χ1n) is 8.17. The Balaban J connectivity index is 1.91. The van der Waals surface area contributed by atoms with Gasteiger partial charge in [0.05, 0.1) is 12.1 Å². The number of carbonyl (C=O) groups is 2. The van der Waals surface area contributed by atoms with Crippen LogP contribution in [0.2, 0.25) is 0 Å². The molecule has 1 aliphatic rings. The van der Waals surface area contributed by atoms with Crippen molar-refractivity contribution in [3.05, 3.63) is 22.6 Å². The van der Waals surface area contributed by atoms with Crippen molar-refractivity contribution >= 4 is 11.8 Å². The van der Waals surface area contributed by atoms with Gasteiger partial charge in [0.1, 0.15) is 11.5 Å². The van der Waals surface area contributed by atoms with Crippen LogP contribution in [0.3, 0.4) is 0 Å². The van der Waals surface area contributed by atoms with Crippen LogP contribution in [0.1, 0.15) is 41.3 Å². The third-order valence-electron chi connectivity index (χ3n) is 4.25. The first-order chi connectivity index (χ1) is 10.8. The van der Waals surface area contributed by atoms with Crippen molar-refractivity contribution < 1.29 is 14.0 Å². The van der Waals surface area contributed by atoms with Gasteiger partial charge in [-0.3, -0.25) is 14.5 Å². The average molecular weight is 321 g/mol. The molecule has 1 aliphatic heterocycles. The van der Waals surface area contributed by atoms with Gasteiger partial charge >= 0.3 is 0 Å². The average Bonchev–Trinajstić information content (AvgIpc) is 2.71. The Bertz CT molecular complexity index is 584. The minimum Gasteiger partial charge on any atom is -0.466 e. The fraction of sp³-hybridized carbons (Fsp3) is 0.647. The Morgan fingerprint density at radius 3 is 2.17 bits per heavy atom. The lowest BCUT2D eigenvalue weighted by Crippen LogP contribution is -2.51.